The summed E-state index contributed by atoms with van der Waals surface area (Å²) in [7, 11) is 1.48. The fourth-order valence-electron chi connectivity index (χ4n) is 2.04. The number of rotatable bonds is 2. The van der Waals surface area contributed by atoms with Crippen LogP contribution in [-0.4, -0.2) is 13.7 Å². The predicted octanol–water partition coefficient (Wildman–Crippen LogP) is 2.65. The highest BCUT2D eigenvalue weighted by molar-refractivity contribution is 5.31. The van der Waals surface area contributed by atoms with Crippen molar-refractivity contribution < 1.29 is 9.13 Å². The zero-order chi connectivity index (χ0) is 10.7. The van der Waals surface area contributed by atoms with Crippen molar-refractivity contribution in [3.63, 3.8) is 0 Å². The maximum Gasteiger partial charge on any atom is 0.165 e. The number of benzene rings is 1. The number of ether oxygens (including phenoxy) is 1. The molecule has 2 rings (SSSR count). The molecule has 2 nitrogen and oxygen atoms in total. The van der Waals surface area contributed by atoms with Gasteiger partial charge in [-0.2, -0.15) is 0 Å². The molecule has 0 bridgehead atoms. The molecule has 1 heterocycles. The van der Waals surface area contributed by atoms with E-state index < -0.39 is 0 Å². The van der Waals surface area contributed by atoms with Crippen LogP contribution in [0.4, 0.5) is 4.39 Å². The van der Waals surface area contributed by atoms with Crippen LogP contribution in [0.3, 0.4) is 0 Å². The molecule has 1 aliphatic rings. The van der Waals surface area contributed by atoms with E-state index >= 15 is 0 Å². The summed E-state index contributed by atoms with van der Waals surface area (Å²) < 4.78 is 18.3. The maximum atomic E-state index is 13.5. The minimum absolute atomic E-state index is 0.276. The van der Waals surface area contributed by atoms with Crippen molar-refractivity contribution in [1.29, 1.82) is 0 Å². The summed E-state index contributed by atoms with van der Waals surface area (Å²) in [5, 5.41) is 3.39. The SMILES string of the molecule is COc1ccc(C2CCCCN2)cc1F. The van der Waals surface area contributed by atoms with Gasteiger partial charge in [0.2, 0.25) is 0 Å². The monoisotopic (exact) mass is 209 g/mol. The van der Waals surface area contributed by atoms with E-state index in [1.807, 2.05) is 6.07 Å². The summed E-state index contributed by atoms with van der Waals surface area (Å²) in [6, 6.07) is 5.51. The summed E-state index contributed by atoms with van der Waals surface area (Å²) in [4.78, 5) is 0. The first kappa shape index (κ1) is 10.4. The Hall–Kier alpha value is -1.09. The normalized spacial score (nSPS) is 21.3. The smallest absolute Gasteiger partial charge is 0.165 e. The molecule has 82 valence electrons. The molecular formula is C12H16FNO. The molecular weight excluding hydrogens is 193 g/mol. The van der Waals surface area contributed by atoms with Crippen LogP contribution in [-0.2, 0) is 0 Å². The van der Waals surface area contributed by atoms with Crippen molar-refractivity contribution in [1.82, 2.24) is 5.32 Å². The Morgan fingerprint density at radius 2 is 2.27 bits per heavy atom. The molecule has 1 aromatic carbocycles. The summed E-state index contributed by atoms with van der Waals surface area (Å²) >= 11 is 0. The Labute approximate surface area is 89.4 Å². The van der Waals surface area contributed by atoms with Crippen molar-refractivity contribution in [2.75, 3.05) is 13.7 Å². The molecule has 15 heavy (non-hydrogen) atoms. The number of nitrogens with one attached hydrogen (secondary N) is 1. The topological polar surface area (TPSA) is 21.3 Å². The van der Waals surface area contributed by atoms with E-state index in [1.165, 1.54) is 20.0 Å². The summed E-state index contributed by atoms with van der Waals surface area (Å²) in [6.07, 6.45) is 3.52. The summed E-state index contributed by atoms with van der Waals surface area (Å²) in [6.45, 7) is 1.03. The van der Waals surface area contributed by atoms with E-state index in [4.69, 9.17) is 4.74 Å². The van der Waals surface area contributed by atoms with Gasteiger partial charge in [0.05, 0.1) is 7.11 Å². The molecule has 1 N–H and O–H groups in total. The highest BCUT2D eigenvalue weighted by Gasteiger charge is 2.16. The van der Waals surface area contributed by atoms with Gasteiger partial charge in [0.15, 0.2) is 11.6 Å². The van der Waals surface area contributed by atoms with Crippen molar-refractivity contribution in [2.45, 2.75) is 25.3 Å². The third-order valence-corrected chi connectivity index (χ3v) is 2.89. The average Bonchev–Trinajstić information content (AvgIpc) is 2.30. The van der Waals surface area contributed by atoms with E-state index in [9.17, 15) is 4.39 Å². The molecule has 1 unspecified atom stereocenters. The van der Waals surface area contributed by atoms with Crippen LogP contribution in [0.15, 0.2) is 18.2 Å². The van der Waals surface area contributed by atoms with E-state index in [2.05, 4.69) is 5.32 Å². The van der Waals surface area contributed by atoms with Crippen molar-refractivity contribution in [3.8, 4) is 5.75 Å². The molecule has 3 heteroatoms. The van der Waals surface area contributed by atoms with Gasteiger partial charge in [0.1, 0.15) is 0 Å². The fourth-order valence-corrected chi connectivity index (χ4v) is 2.04. The predicted molar refractivity (Wildman–Crippen MR) is 57.5 cm³/mol. The van der Waals surface area contributed by atoms with Gasteiger partial charge in [-0.1, -0.05) is 12.5 Å². The highest BCUT2D eigenvalue weighted by Crippen LogP contribution is 2.26. The average molecular weight is 209 g/mol. The van der Waals surface area contributed by atoms with Crippen LogP contribution in [0, 0.1) is 5.82 Å². The number of hydrogen-bond donors (Lipinski definition) is 1. The number of hydrogen-bond acceptors (Lipinski definition) is 2. The van der Waals surface area contributed by atoms with Gasteiger partial charge in [0.25, 0.3) is 0 Å². The molecule has 1 fully saturated rings. The van der Waals surface area contributed by atoms with Crippen molar-refractivity contribution >= 4 is 0 Å². The molecule has 1 saturated heterocycles. The largest absolute Gasteiger partial charge is 0.494 e. The molecule has 0 aliphatic carbocycles. The van der Waals surface area contributed by atoms with E-state index in [1.54, 1.807) is 12.1 Å². The highest BCUT2D eigenvalue weighted by atomic mass is 19.1. The van der Waals surface area contributed by atoms with E-state index in [0.29, 0.717) is 11.8 Å². The first-order chi connectivity index (χ1) is 7.31. The molecule has 0 aromatic heterocycles. The van der Waals surface area contributed by atoms with Crippen LogP contribution in [0.25, 0.3) is 0 Å². The van der Waals surface area contributed by atoms with Gasteiger partial charge in [0, 0.05) is 6.04 Å². The lowest BCUT2D eigenvalue weighted by molar-refractivity contribution is 0.382. The van der Waals surface area contributed by atoms with Gasteiger partial charge in [-0.05, 0) is 37.1 Å². The lowest BCUT2D eigenvalue weighted by atomic mass is 9.97. The Morgan fingerprint density at radius 1 is 1.40 bits per heavy atom. The molecule has 0 amide bonds. The Bertz CT molecular complexity index is 334. The van der Waals surface area contributed by atoms with Crippen LogP contribution >= 0.6 is 0 Å². The third kappa shape index (κ3) is 2.29. The third-order valence-electron chi connectivity index (χ3n) is 2.89. The van der Waals surface area contributed by atoms with Crippen molar-refractivity contribution in [3.05, 3.63) is 29.6 Å². The number of halogens is 1. The van der Waals surface area contributed by atoms with Gasteiger partial charge >= 0.3 is 0 Å². The van der Waals surface area contributed by atoms with E-state index in [0.717, 1.165) is 18.5 Å². The molecule has 0 spiro atoms. The fraction of sp³-hybridized carbons (Fsp3) is 0.500. The van der Waals surface area contributed by atoms with Gasteiger partial charge in [-0.3, -0.25) is 0 Å². The second kappa shape index (κ2) is 4.62. The minimum atomic E-state index is -0.276. The molecule has 1 atom stereocenters. The lowest BCUT2D eigenvalue weighted by Crippen LogP contribution is -2.26. The Morgan fingerprint density at radius 3 is 2.87 bits per heavy atom. The molecule has 1 aliphatic heterocycles. The zero-order valence-corrected chi connectivity index (χ0v) is 8.92. The summed E-state index contributed by atoms with van der Waals surface area (Å²) in [5.41, 5.74) is 1.02. The first-order valence-electron chi connectivity index (χ1n) is 5.38. The van der Waals surface area contributed by atoms with Crippen LogP contribution in [0.2, 0.25) is 0 Å². The summed E-state index contributed by atoms with van der Waals surface area (Å²) in [5.74, 6) is 0.0388. The van der Waals surface area contributed by atoms with E-state index in [-0.39, 0.29) is 5.82 Å². The second-order valence-electron chi connectivity index (χ2n) is 3.90. The van der Waals surface area contributed by atoms with Crippen LogP contribution < -0.4 is 10.1 Å². The maximum absolute atomic E-state index is 13.5. The second-order valence-corrected chi connectivity index (χ2v) is 3.90. The van der Waals surface area contributed by atoms with Crippen molar-refractivity contribution in [2.24, 2.45) is 0 Å². The van der Waals surface area contributed by atoms with Crippen LogP contribution in [0.1, 0.15) is 30.9 Å². The quantitative estimate of drug-likeness (QED) is 0.808. The van der Waals surface area contributed by atoms with Gasteiger partial charge in [-0.15, -0.1) is 0 Å². The van der Waals surface area contributed by atoms with Crippen LogP contribution in [0.5, 0.6) is 5.75 Å². The Kier molecular flexibility index (Phi) is 3.21. The first-order valence-corrected chi connectivity index (χ1v) is 5.38. The van der Waals surface area contributed by atoms with Gasteiger partial charge < -0.3 is 10.1 Å². The Balaban J connectivity index is 2.17. The zero-order valence-electron chi connectivity index (χ0n) is 8.92. The molecule has 1 aromatic rings. The lowest BCUT2D eigenvalue weighted by Gasteiger charge is -2.24. The molecule has 0 radical (unpaired) electrons. The number of methoxy groups -OCH3 is 1. The number of piperidine rings is 1. The standard InChI is InChI=1S/C12H16FNO/c1-15-12-6-5-9(8-10(12)13)11-4-2-3-7-14-11/h5-6,8,11,14H,2-4,7H2,1H3. The minimum Gasteiger partial charge on any atom is -0.494 e. The molecule has 0 saturated carbocycles. The van der Waals surface area contributed by atoms with Gasteiger partial charge in [-0.25, -0.2) is 4.39 Å².